The Morgan fingerprint density at radius 1 is 1.17 bits per heavy atom. The normalized spacial score (nSPS) is 21.3. The van der Waals surface area contributed by atoms with Crippen molar-refractivity contribution in [2.45, 2.75) is 38.0 Å². The fraction of sp³-hybridized carbons (Fsp3) is 0.333. The van der Waals surface area contributed by atoms with E-state index < -0.39 is 11.6 Å². The Hall–Kier alpha value is -2.30. The van der Waals surface area contributed by atoms with Gasteiger partial charge in [-0.15, -0.1) is 0 Å². The van der Waals surface area contributed by atoms with Gasteiger partial charge in [-0.05, 0) is 54.4 Å². The molecular formula is C18H16F2N2O. The molecule has 0 spiro atoms. The van der Waals surface area contributed by atoms with Gasteiger partial charge in [0.15, 0.2) is 5.78 Å². The third kappa shape index (κ3) is 2.22. The molecule has 2 aromatic rings. The summed E-state index contributed by atoms with van der Waals surface area (Å²) in [6, 6.07) is 3.45. The van der Waals surface area contributed by atoms with Crippen molar-refractivity contribution in [3.63, 3.8) is 0 Å². The summed E-state index contributed by atoms with van der Waals surface area (Å²) in [6.07, 6.45) is 4.79. The number of Topliss-reactive ketones (excluding diaryl/α,β-unsaturated/α-hetero) is 1. The predicted octanol–water partition coefficient (Wildman–Crippen LogP) is 4.67. The quantitative estimate of drug-likeness (QED) is 0.837. The Morgan fingerprint density at radius 3 is 2.61 bits per heavy atom. The number of ketones is 1. The lowest BCUT2D eigenvalue weighted by Gasteiger charge is -2.21. The number of pyridine rings is 1. The van der Waals surface area contributed by atoms with Crippen LogP contribution in [0.2, 0.25) is 0 Å². The van der Waals surface area contributed by atoms with Gasteiger partial charge in [0.1, 0.15) is 17.3 Å². The van der Waals surface area contributed by atoms with Crippen LogP contribution in [0.5, 0.6) is 0 Å². The topological polar surface area (TPSA) is 42.0 Å². The third-order valence-electron chi connectivity index (χ3n) is 4.94. The minimum atomic E-state index is -0.641. The molecule has 2 aliphatic carbocycles. The maximum Gasteiger partial charge on any atom is 0.178 e. The molecule has 1 aromatic heterocycles. The summed E-state index contributed by atoms with van der Waals surface area (Å²) in [5, 5.41) is 3.04. The van der Waals surface area contributed by atoms with Crippen molar-refractivity contribution in [1.82, 2.24) is 4.98 Å². The highest BCUT2D eigenvalue weighted by Gasteiger charge is 2.41. The van der Waals surface area contributed by atoms with Crippen LogP contribution >= 0.6 is 0 Å². The van der Waals surface area contributed by atoms with Crippen molar-refractivity contribution >= 4 is 17.2 Å². The Balaban J connectivity index is 1.80. The van der Waals surface area contributed by atoms with Gasteiger partial charge in [0.05, 0.1) is 17.6 Å². The van der Waals surface area contributed by atoms with Gasteiger partial charge in [-0.25, -0.2) is 8.78 Å². The Morgan fingerprint density at radius 2 is 1.91 bits per heavy atom. The van der Waals surface area contributed by atoms with E-state index in [1.54, 1.807) is 6.20 Å². The summed E-state index contributed by atoms with van der Waals surface area (Å²) in [7, 11) is 0. The number of hydrogen-bond acceptors (Lipinski definition) is 3. The highest BCUT2D eigenvalue weighted by atomic mass is 19.1. The highest BCUT2D eigenvalue weighted by molar-refractivity contribution is 5.95. The minimum Gasteiger partial charge on any atom is -0.352 e. The number of fused-ring (bicyclic) bond motifs is 5. The Labute approximate surface area is 132 Å². The monoisotopic (exact) mass is 314 g/mol. The van der Waals surface area contributed by atoms with Crippen LogP contribution in [0.15, 0.2) is 24.4 Å². The van der Waals surface area contributed by atoms with Gasteiger partial charge >= 0.3 is 0 Å². The van der Waals surface area contributed by atoms with Gasteiger partial charge in [0.2, 0.25) is 0 Å². The van der Waals surface area contributed by atoms with Gasteiger partial charge in [0.25, 0.3) is 0 Å². The molecule has 0 saturated heterocycles. The fourth-order valence-corrected chi connectivity index (χ4v) is 4.02. The van der Waals surface area contributed by atoms with Crippen LogP contribution in [0.3, 0.4) is 0 Å². The standard InChI is InChI=1S/C18H16F2N2O/c1-9(23)18-17-11-3-2-10(6-11)16(17)15(8-21-18)22-14-5-4-12(19)7-13(14)20/h4-5,7-8,10-11,22H,2-3,6H2,1H3. The van der Waals surface area contributed by atoms with Crippen molar-refractivity contribution < 1.29 is 13.6 Å². The number of nitrogens with one attached hydrogen (secondary N) is 1. The molecule has 2 bridgehead atoms. The van der Waals surface area contributed by atoms with E-state index in [4.69, 9.17) is 0 Å². The molecule has 118 valence electrons. The average Bonchev–Trinajstić information content (AvgIpc) is 3.12. The molecule has 2 aliphatic rings. The molecule has 1 saturated carbocycles. The third-order valence-corrected chi connectivity index (χ3v) is 4.94. The second kappa shape index (κ2) is 5.11. The molecule has 2 atom stereocenters. The minimum absolute atomic E-state index is 0.0340. The van der Waals surface area contributed by atoms with Gasteiger partial charge < -0.3 is 5.32 Å². The molecule has 2 unspecified atom stereocenters. The summed E-state index contributed by atoms with van der Waals surface area (Å²) in [5.41, 5.74) is 3.60. The van der Waals surface area contributed by atoms with Crippen LogP contribution in [0.1, 0.15) is 59.6 Å². The number of anilines is 2. The van der Waals surface area contributed by atoms with Crippen molar-refractivity contribution in [2.24, 2.45) is 0 Å². The number of benzene rings is 1. The number of carbonyl (C=O) groups excluding carboxylic acids is 1. The second-order valence-corrected chi connectivity index (χ2v) is 6.36. The molecular weight excluding hydrogens is 298 g/mol. The molecule has 1 aromatic carbocycles. The molecule has 1 fully saturated rings. The summed E-state index contributed by atoms with van der Waals surface area (Å²) in [5.74, 6) is -0.517. The van der Waals surface area contributed by atoms with E-state index in [1.807, 2.05) is 0 Å². The molecule has 0 radical (unpaired) electrons. The highest BCUT2D eigenvalue weighted by Crippen LogP contribution is 2.56. The summed E-state index contributed by atoms with van der Waals surface area (Å²) < 4.78 is 27.0. The molecule has 3 nitrogen and oxygen atoms in total. The van der Waals surface area contributed by atoms with E-state index in [2.05, 4.69) is 10.3 Å². The van der Waals surface area contributed by atoms with E-state index in [0.29, 0.717) is 17.5 Å². The molecule has 1 heterocycles. The largest absolute Gasteiger partial charge is 0.352 e. The lowest BCUT2D eigenvalue weighted by molar-refractivity contribution is 0.101. The Bertz CT molecular complexity index is 819. The van der Waals surface area contributed by atoms with Crippen LogP contribution in [-0.4, -0.2) is 10.8 Å². The van der Waals surface area contributed by atoms with E-state index in [0.717, 1.165) is 42.1 Å². The van der Waals surface area contributed by atoms with Gasteiger partial charge in [-0.3, -0.25) is 9.78 Å². The maximum absolute atomic E-state index is 13.9. The average molecular weight is 314 g/mol. The first-order valence-corrected chi connectivity index (χ1v) is 7.80. The molecule has 0 aliphatic heterocycles. The van der Waals surface area contributed by atoms with Crippen LogP contribution in [0, 0.1) is 11.6 Å². The number of carbonyl (C=O) groups is 1. The lowest BCUT2D eigenvalue weighted by atomic mass is 9.89. The van der Waals surface area contributed by atoms with Gasteiger partial charge in [-0.2, -0.15) is 0 Å². The summed E-state index contributed by atoms with van der Waals surface area (Å²) in [6.45, 7) is 1.53. The summed E-state index contributed by atoms with van der Waals surface area (Å²) >= 11 is 0. The molecule has 23 heavy (non-hydrogen) atoms. The molecule has 5 heteroatoms. The van der Waals surface area contributed by atoms with E-state index >= 15 is 0 Å². The zero-order chi connectivity index (χ0) is 16.1. The van der Waals surface area contributed by atoms with E-state index in [9.17, 15) is 13.6 Å². The number of nitrogens with zero attached hydrogens (tertiary/aromatic N) is 1. The predicted molar refractivity (Wildman–Crippen MR) is 83.2 cm³/mol. The first-order chi connectivity index (χ1) is 11.0. The Kier molecular flexibility index (Phi) is 3.18. The van der Waals surface area contributed by atoms with E-state index in [-0.39, 0.29) is 11.5 Å². The fourth-order valence-electron chi connectivity index (χ4n) is 4.02. The smallest absolute Gasteiger partial charge is 0.178 e. The molecule has 0 amide bonds. The molecule has 1 N–H and O–H groups in total. The van der Waals surface area contributed by atoms with Gasteiger partial charge in [0, 0.05) is 13.0 Å². The van der Waals surface area contributed by atoms with Crippen LogP contribution < -0.4 is 5.32 Å². The first kappa shape index (κ1) is 14.3. The number of rotatable bonds is 3. The van der Waals surface area contributed by atoms with Crippen molar-refractivity contribution in [3.05, 3.63) is 52.9 Å². The first-order valence-electron chi connectivity index (χ1n) is 7.80. The number of halogens is 2. The van der Waals surface area contributed by atoms with Crippen molar-refractivity contribution in [2.75, 3.05) is 5.32 Å². The van der Waals surface area contributed by atoms with Crippen molar-refractivity contribution in [1.29, 1.82) is 0 Å². The zero-order valence-electron chi connectivity index (χ0n) is 12.7. The van der Waals surface area contributed by atoms with Gasteiger partial charge in [-0.1, -0.05) is 0 Å². The van der Waals surface area contributed by atoms with Crippen molar-refractivity contribution in [3.8, 4) is 0 Å². The second-order valence-electron chi connectivity index (χ2n) is 6.36. The molecule has 4 rings (SSSR count). The SMILES string of the molecule is CC(=O)c1ncc(Nc2ccc(F)cc2F)c2c1C1CCC2C1. The van der Waals surface area contributed by atoms with E-state index in [1.165, 1.54) is 19.1 Å². The zero-order valence-corrected chi connectivity index (χ0v) is 12.7. The number of aromatic nitrogens is 1. The number of hydrogen-bond donors (Lipinski definition) is 1. The van der Waals surface area contributed by atoms with Crippen LogP contribution in [-0.2, 0) is 0 Å². The maximum atomic E-state index is 13.9. The van der Waals surface area contributed by atoms with Crippen LogP contribution in [0.4, 0.5) is 20.2 Å². The summed E-state index contributed by atoms with van der Waals surface area (Å²) in [4.78, 5) is 16.2. The lowest BCUT2D eigenvalue weighted by Crippen LogP contribution is -2.11. The van der Waals surface area contributed by atoms with Crippen LogP contribution in [0.25, 0.3) is 0 Å².